The van der Waals surface area contributed by atoms with Crippen LogP contribution in [0.1, 0.15) is 44.9 Å². The molecule has 1 aliphatic carbocycles. The Morgan fingerprint density at radius 1 is 1.16 bits per heavy atom. The van der Waals surface area contributed by atoms with Crippen molar-refractivity contribution in [1.82, 2.24) is 4.90 Å². The Hall–Kier alpha value is -0.610. The average Bonchev–Trinajstić information content (AvgIpc) is 2.79. The number of carbonyl (C=O) groups is 1. The van der Waals surface area contributed by atoms with E-state index in [1.54, 1.807) is 0 Å². The van der Waals surface area contributed by atoms with Crippen LogP contribution in [0.25, 0.3) is 0 Å². The zero-order valence-corrected chi connectivity index (χ0v) is 11.6. The Kier molecular flexibility index (Phi) is 4.08. The lowest BCUT2D eigenvalue weighted by molar-refractivity contribution is -0.143. The Morgan fingerprint density at radius 2 is 1.89 bits per heavy atom. The molecule has 2 saturated heterocycles. The highest BCUT2D eigenvalue weighted by molar-refractivity contribution is 5.74. The fourth-order valence-electron chi connectivity index (χ4n) is 4.29. The Labute approximate surface area is 115 Å². The van der Waals surface area contributed by atoms with Crippen LogP contribution in [0.2, 0.25) is 0 Å². The van der Waals surface area contributed by atoms with Gasteiger partial charge < -0.3 is 9.84 Å². The molecule has 4 heteroatoms. The molecule has 2 heterocycles. The Morgan fingerprint density at radius 3 is 2.63 bits per heavy atom. The molecular weight excluding hydrogens is 242 g/mol. The molecule has 4 nitrogen and oxygen atoms in total. The molecule has 3 rings (SSSR count). The number of hydrogen-bond donors (Lipinski definition) is 1. The van der Waals surface area contributed by atoms with Crippen LogP contribution < -0.4 is 0 Å². The smallest absolute Gasteiger partial charge is 0.320 e. The Balaban J connectivity index is 1.69. The zero-order chi connectivity index (χ0) is 13.2. The molecule has 3 fully saturated rings. The minimum atomic E-state index is -0.610. The fourth-order valence-corrected chi connectivity index (χ4v) is 4.29. The van der Waals surface area contributed by atoms with E-state index in [9.17, 15) is 9.90 Å². The molecule has 0 bridgehead atoms. The normalized spacial score (nSPS) is 37.2. The number of carboxylic acid groups (broad SMARTS) is 1. The molecular formula is C15H25NO3. The molecule has 2 aliphatic heterocycles. The van der Waals surface area contributed by atoms with E-state index >= 15 is 0 Å². The van der Waals surface area contributed by atoms with Crippen LogP contribution in [0.4, 0.5) is 0 Å². The quantitative estimate of drug-likeness (QED) is 0.851. The highest BCUT2D eigenvalue weighted by Gasteiger charge is 2.45. The summed E-state index contributed by atoms with van der Waals surface area (Å²) in [6, 6.07) is 0.314. The number of hydrogen-bond acceptors (Lipinski definition) is 3. The first-order chi connectivity index (χ1) is 9.25. The highest BCUT2D eigenvalue weighted by atomic mass is 16.5. The Bertz CT molecular complexity index is 327. The predicted molar refractivity (Wildman–Crippen MR) is 72.0 cm³/mol. The molecule has 0 aromatic heterocycles. The summed E-state index contributed by atoms with van der Waals surface area (Å²) < 4.78 is 5.41. The molecule has 108 valence electrons. The van der Waals surface area contributed by atoms with Crippen molar-refractivity contribution in [3.05, 3.63) is 0 Å². The van der Waals surface area contributed by atoms with Crippen molar-refractivity contribution < 1.29 is 14.6 Å². The maximum absolute atomic E-state index is 11.5. The van der Waals surface area contributed by atoms with E-state index in [1.807, 2.05) is 0 Å². The van der Waals surface area contributed by atoms with Gasteiger partial charge in [-0.3, -0.25) is 9.69 Å². The second kappa shape index (κ2) is 5.80. The first-order valence-corrected chi connectivity index (χ1v) is 7.82. The van der Waals surface area contributed by atoms with E-state index in [0.717, 1.165) is 39.0 Å². The van der Waals surface area contributed by atoms with E-state index in [-0.39, 0.29) is 6.04 Å². The summed E-state index contributed by atoms with van der Waals surface area (Å²) in [6.45, 7) is 2.68. The molecule has 0 spiro atoms. The molecule has 3 atom stereocenters. The fraction of sp³-hybridized carbons (Fsp3) is 0.933. The summed E-state index contributed by atoms with van der Waals surface area (Å²) >= 11 is 0. The second-order valence-electron chi connectivity index (χ2n) is 6.45. The van der Waals surface area contributed by atoms with Crippen LogP contribution in [0.3, 0.4) is 0 Å². The molecule has 0 aromatic rings. The molecule has 0 aromatic carbocycles. The van der Waals surface area contributed by atoms with Gasteiger partial charge in [0.05, 0.1) is 0 Å². The SMILES string of the molecule is O=C(O)[C@@H]1C[C@H]2CCCC[C@@H]2N1CC1CCOCC1. The van der Waals surface area contributed by atoms with Crippen LogP contribution in [0, 0.1) is 11.8 Å². The number of nitrogens with zero attached hydrogens (tertiary/aromatic N) is 1. The van der Waals surface area contributed by atoms with Gasteiger partial charge in [0.2, 0.25) is 0 Å². The van der Waals surface area contributed by atoms with Crippen LogP contribution in [-0.2, 0) is 9.53 Å². The molecule has 0 unspecified atom stereocenters. The van der Waals surface area contributed by atoms with Gasteiger partial charge in [0, 0.05) is 25.8 Å². The van der Waals surface area contributed by atoms with Crippen LogP contribution in [-0.4, -0.2) is 47.8 Å². The van der Waals surface area contributed by atoms with Gasteiger partial charge in [-0.15, -0.1) is 0 Å². The van der Waals surface area contributed by atoms with Gasteiger partial charge in [0.15, 0.2) is 0 Å². The third-order valence-corrected chi connectivity index (χ3v) is 5.32. The van der Waals surface area contributed by atoms with Gasteiger partial charge in [0.25, 0.3) is 0 Å². The predicted octanol–water partition coefficient (Wildman–Crippen LogP) is 2.13. The second-order valence-corrected chi connectivity index (χ2v) is 6.45. The van der Waals surface area contributed by atoms with Gasteiger partial charge in [-0.1, -0.05) is 12.8 Å². The van der Waals surface area contributed by atoms with Crippen LogP contribution in [0.15, 0.2) is 0 Å². The third-order valence-electron chi connectivity index (χ3n) is 5.32. The maximum atomic E-state index is 11.5. The number of fused-ring (bicyclic) bond motifs is 1. The average molecular weight is 267 g/mol. The monoisotopic (exact) mass is 267 g/mol. The van der Waals surface area contributed by atoms with E-state index in [4.69, 9.17) is 4.74 Å². The number of ether oxygens (including phenoxy) is 1. The lowest BCUT2D eigenvalue weighted by atomic mass is 9.84. The van der Waals surface area contributed by atoms with Gasteiger partial charge in [-0.25, -0.2) is 0 Å². The third kappa shape index (κ3) is 2.79. The van der Waals surface area contributed by atoms with E-state index in [2.05, 4.69) is 4.90 Å². The van der Waals surface area contributed by atoms with E-state index < -0.39 is 5.97 Å². The molecule has 0 amide bonds. The van der Waals surface area contributed by atoms with Gasteiger partial charge in [-0.05, 0) is 43.9 Å². The number of rotatable bonds is 3. The van der Waals surface area contributed by atoms with Crippen molar-refractivity contribution in [3.8, 4) is 0 Å². The summed E-state index contributed by atoms with van der Waals surface area (Å²) in [6.07, 6.45) is 8.08. The van der Waals surface area contributed by atoms with Crippen molar-refractivity contribution in [2.24, 2.45) is 11.8 Å². The largest absolute Gasteiger partial charge is 0.480 e. The summed E-state index contributed by atoms with van der Waals surface area (Å²) in [4.78, 5) is 13.9. The summed E-state index contributed by atoms with van der Waals surface area (Å²) in [5, 5.41) is 9.49. The summed E-state index contributed by atoms with van der Waals surface area (Å²) in [5.74, 6) is 0.660. The topological polar surface area (TPSA) is 49.8 Å². The number of aliphatic carboxylic acids is 1. The maximum Gasteiger partial charge on any atom is 0.320 e. The van der Waals surface area contributed by atoms with Gasteiger partial charge in [-0.2, -0.15) is 0 Å². The highest BCUT2D eigenvalue weighted by Crippen LogP contribution is 2.40. The lowest BCUT2D eigenvalue weighted by Gasteiger charge is -2.36. The summed E-state index contributed by atoms with van der Waals surface area (Å²) in [5.41, 5.74) is 0. The van der Waals surface area contributed by atoms with Crippen LogP contribution >= 0.6 is 0 Å². The van der Waals surface area contributed by atoms with Gasteiger partial charge >= 0.3 is 5.97 Å². The first-order valence-electron chi connectivity index (χ1n) is 7.82. The molecule has 0 radical (unpaired) electrons. The molecule has 3 aliphatic rings. The number of likely N-dealkylation sites (tertiary alicyclic amines) is 1. The van der Waals surface area contributed by atoms with E-state index in [1.165, 1.54) is 25.7 Å². The lowest BCUT2D eigenvalue weighted by Crippen LogP contribution is -2.45. The minimum Gasteiger partial charge on any atom is -0.480 e. The number of carboxylic acids is 1. The summed E-state index contributed by atoms with van der Waals surface area (Å²) in [7, 11) is 0. The van der Waals surface area contributed by atoms with Crippen molar-refractivity contribution in [2.75, 3.05) is 19.8 Å². The molecule has 1 saturated carbocycles. The van der Waals surface area contributed by atoms with Crippen molar-refractivity contribution >= 4 is 5.97 Å². The first kappa shape index (κ1) is 13.4. The molecule has 1 N–H and O–H groups in total. The van der Waals surface area contributed by atoms with Crippen molar-refractivity contribution in [3.63, 3.8) is 0 Å². The van der Waals surface area contributed by atoms with Gasteiger partial charge in [0.1, 0.15) is 6.04 Å². The van der Waals surface area contributed by atoms with Crippen molar-refractivity contribution in [2.45, 2.75) is 57.0 Å². The van der Waals surface area contributed by atoms with Crippen LogP contribution in [0.5, 0.6) is 0 Å². The van der Waals surface area contributed by atoms with E-state index in [0.29, 0.717) is 17.9 Å². The standard InChI is InChI=1S/C15H25NO3/c17-15(18)14-9-12-3-1-2-4-13(12)16(14)10-11-5-7-19-8-6-11/h11-14H,1-10H2,(H,17,18)/t12-,13+,14+/m1/s1. The van der Waals surface area contributed by atoms with Crippen molar-refractivity contribution in [1.29, 1.82) is 0 Å². The zero-order valence-electron chi connectivity index (χ0n) is 11.6. The molecule has 19 heavy (non-hydrogen) atoms. The minimum absolute atomic E-state index is 0.226.